The van der Waals surface area contributed by atoms with E-state index in [0.29, 0.717) is 37.0 Å². The number of hydrogen-bond acceptors (Lipinski definition) is 6. The molecule has 0 aliphatic heterocycles. The van der Waals surface area contributed by atoms with E-state index >= 15 is 0 Å². The van der Waals surface area contributed by atoms with Crippen LogP contribution in [0.2, 0.25) is 0 Å². The molecule has 0 aliphatic carbocycles. The molecule has 0 N–H and O–H groups in total. The summed E-state index contributed by atoms with van der Waals surface area (Å²) in [7, 11) is 3.15. The first kappa shape index (κ1) is 18.9. The Morgan fingerprint density at radius 1 is 1.13 bits per heavy atom. The molecule has 0 bridgehead atoms. The largest absolute Gasteiger partial charge is 0.493 e. The van der Waals surface area contributed by atoms with Gasteiger partial charge in [0.25, 0.3) is 0 Å². The third-order valence-corrected chi connectivity index (χ3v) is 3.10. The van der Waals surface area contributed by atoms with Crippen molar-refractivity contribution < 1.29 is 18.9 Å². The van der Waals surface area contributed by atoms with E-state index in [9.17, 15) is 0 Å². The number of benzene rings is 1. The number of hydrogen-bond donors (Lipinski definition) is 0. The van der Waals surface area contributed by atoms with Crippen LogP contribution in [0, 0.1) is 11.3 Å². The average molecular weight is 320 g/mol. The molecule has 0 radical (unpaired) electrons. The predicted octanol–water partition coefficient (Wildman–Crippen LogP) is 2.81. The average Bonchev–Trinajstić information content (AvgIpc) is 2.58. The molecule has 0 saturated carbocycles. The van der Waals surface area contributed by atoms with Crippen molar-refractivity contribution >= 4 is 5.71 Å². The van der Waals surface area contributed by atoms with Crippen molar-refractivity contribution in [1.29, 1.82) is 5.26 Å². The summed E-state index contributed by atoms with van der Waals surface area (Å²) in [5, 5.41) is 9.05. The predicted molar refractivity (Wildman–Crippen MR) is 88.2 cm³/mol. The highest BCUT2D eigenvalue weighted by Gasteiger charge is 2.12. The van der Waals surface area contributed by atoms with Crippen LogP contribution in [-0.2, 0) is 9.47 Å². The highest BCUT2D eigenvalue weighted by Crippen LogP contribution is 2.28. The molecule has 0 amide bonds. The lowest BCUT2D eigenvalue weighted by Gasteiger charge is -2.15. The van der Waals surface area contributed by atoms with Gasteiger partial charge in [-0.05, 0) is 32.0 Å². The van der Waals surface area contributed by atoms with Crippen molar-refractivity contribution in [2.24, 2.45) is 4.99 Å². The zero-order chi connectivity index (χ0) is 17.1. The molecule has 1 rings (SSSR count). The summed E-state index contributed by atoms with van der Waals surface area (Å²) in [4.78, 5) is 4.50. The Labute approximate surface area is 137 Å². The van der Waals surface area contributed by atoms with E-state index in [1.54, 1.807) is 20.3 Å². The third kappa shape index (κ3) is 5.89. The van der Waals surface area contributed by atoms with Gasteiger partial charge in [-0.2, -0.15) is 5.26 Å². The molecule has 6 heteroatoms. The molecular weight excluding hydrogens is 296 g/mol. The van der Waals surface area contributed by atoms with Crippen LogP contribution in [0.3, 0.4) is 0 Å². The minimum Gasteiger partial charge on any atom is -0.493 e. The van der Waals surface area contributed by atoms with E-state index in [2.05, 4.69) is 11.1 Å². The fourth-order valence-electron chi connectivity index (χ4n) is 2.05. The van der Waals surface area contributed by atoms with Crippen molar-refractivity contribution in [2.45, 2.75) is 26.6 Å². The second-order valence-corrected chi connectivity index (χ2v) is 4.53. The monoisotopic (exact) mass is 320 g/mol. The molecule has 1 aromatic carbocycles. The van der Waals surface area contributed by atoms with Gasteiger partial charge >= 0.3 is 0 Å². The maximum absolute atomic E-state index is 9.05. The van der Waals surface area contributed by atoms with Crippen LogP contribution in [0.25, 0.3) is 0 Å². The zero-order valence-corrected chi connectivity index (χ0v) is 14.2. The summed E-state index contributed by atoms with van der Waals surface area (Å²) in [6.07, 6.45) is -0.209. The summed E-state index contributed by atoms with van der Waals surface area (Å²) in [5.74, 6) is 1.23. The van der Waals surface area contributed by atoms with Crippen molar-refractivity contribution in [3.05, 3.63) is 23.8 Å². The van der Waals surface area contributed by atoms with Crippen LogP contribution >= 0.6 is 0 Å². The fraction of sp³-hybridized carbons (Fsp3) is 0.529. The van der Waals surface area contributed by atoms with E-state index in [1.165, 1.54) is 0 Å². The molecule has 0 unspecified atom stereocenters. The molecule has 0 aromatic heterocycles. The van der Waals surface area contributed by atoms with Crippen LogP contribution in [0.4, 0.5) is 0 Å². The molecule has 126 valence electrons. The molecule has 1 aromatic rings. The van der Waals surface area contributed by atoms with E-state index in [1.807, 2.05) is 26.0 Å². The number of aliphatic imine (C=N–C) groups is 1. The van der Waals surface area contributed by atoms with Crippen LogP contribution < -0.4 is 9.47 Å². The number of rotatable bonds is 10. The molecule has 6 nitrogen and oxygen atoms in total. The smallest absolute Gasteiger partial charge is 0.176 e. The molecular formula is C17H24N2O4. The van der Waals surface area contributed by atoms with Crippen LogP contribution in [0.5, 0.6) is 11.5 Å². The first-order valence-corrected chi connectivity index (χ1v) is 7.55. The van der Waals surface area contributed by atoms with Gasteiger partial charge in [-0.3, -0.25) is 4.99 Å². The van der Waals surface area contributed by atoms with E-state index in [4.69, 9.17) is 24.2 Å². The topological polar surface area (TPSA) is 73.1 Å². The quantitative estimate of drug-likeness (QED) is 0.489. The standard InChI is InChI=1S/C17H24N2O4/c1-5-22-17(23-6-2)12-19-14(9-10-18)13-7-8-15(20-3)16(11-13)21-4/h7-8,11,17H,5-6,9,12H2,1-4H3. The number of nitriles is 1. The second kappa shape index (κ2) is 10.6. The Bertz CT molecular complexity index is 546. The van der Waals surface area contributed by atoms with E-state index < -0.39 is 6.29 Å². The van der Waals surface area contributed by atoms with Crippen LogP contribution in [0.15, 0.2) is 23.2 Å². The highest BCUT2D eigenvalue weighted by atomic mass is 16.7. The lowest BCUT2D eigenvalue weighted by molar-refractivity contribution is -0.128. The van der Waals surface area contributed by atoms with Crippen LogP contribution in [-0.4, -0.2) is 46.0 Å². The summed E-state index contributed by atoms with van der Waals surface area (Å²) >= 11 is 0. The Hall–Kier alpha value is -2.10. The Morgan fingerprint density at radius 3 is 2.30 bits per heavy atom. The Morgan fingerprint density at radius 2 is 1.78 bits per heavy atom. The van der Waals surface area contributed by atoms with Crippen molar-refractivity contribution in [2.75, 3.05) is 34.0 Å². The van der Waals surface area contributed by atoms with Gasteiger partial charge in [-0.1, -0.05) is 0 Å². The molecule has 23 heavy (non-hydrogen) atoms. The van der Waals surface area contributed by atoms with Gasteiger partial charge in [0.2, 0.25) is 0 Å². The fourth-order valence-corrected chi connectivity index (χ4v) is 2.05. The normalized spacial score (nSPS) is 11.4. The number of nitrogens with zero attached hydrogens (tertiary/aromatic N) is 2. The Balaban J connectivity index is 3.01. The lowest BCUT2D eigenvalue weighted by atomic mass is 10.1. The summed E-state index contributed by atoms with van der Waals surface area (Å²) in [6.45, 7) is 5.24. The van der Waals surface area contributed by atoms with Gasteiger partial charge < -0.3 is 18.9 Å². The van der Waals surface area contributed by atoms with Gasteiger partial charge in [0.15, 0.2) is 17.8 Å². The molecule has 0 atom stereocenters. The van der Waals surface area contributed by atoms with Crippen molar-refractivity contribution in [3.8, 4) is 17.6 Å². The Kier molecular flexibility index (Phi) is 8.73. The first-order valence-electron chi connectivity index (χ1n) is 7.55. The molecule has 0 heterocycles. The number of ether oxygens (including phenoxy) is 4. The van der Waals surface area contributed by atoms with E-state index in [-0.39, 0.29) is 6.42 Å². The van der Waals surface area contributed by atoms with Crippen molar-refractivity contribution in [1.82, 2.24) is 0 Å². The minimum atomic E-state index is -0.404. The van der Waals surface area contributed by atoms with Gasteiger partial charge in [0.1, 0.15) is 0 Å². The summed E-state index contributed by atoms with van der Waals surface area (Å²) < 4.78 is 21.5. The maximum Gasteiger partial charge on any atom is 0.176 e. The van der Waals surface area contributed by atoms with Crippen molar-refractivity contribution in [3.63, 3.8) is 0 Å². The summed E-state index contributed by atoms with van der Waals surface area (Å²) in [5.41, 5.74) is 1.48. The maximum atomic E-state index is 9.05. The van der Waals surface area contributed by atoms with Gasteiger partial charge in [-0.15, -0.1) is 0 Å². The lowest BCUT2D eigenvalue weighted by Crippen LogP contribution is -2.21. The summed E-state index contributed by atoms with van der Waals surface area (Å²) in [6, 6.07) is 7.60. The minimum absolute atomic E-state index is 0.195. The van der Waals surface area contributed by atoms with Gasteiger partial charge in [-0.25, -0.2) is 0 Å². The zero-order valence-electron chi connectivity index (χ0n) is 14.2. The van der Waals surface area contributed by atoms with Gasteiger partial charge in [0, 0.05) is 18.8 Å². The first-order chi connectivity index (χ1) is 11.2. The molecule has 0 spiro atoms. The van der Waals surface area contributed by atoms with E-state index in [0.717, 1.165) is 5.56 Å². The van der Waals surface area contributed by atoms with Gasteiger partial charge in [0.05, 0.1) is 39.0 Å². The molecule has 0 saturated heterocycles. The molecule has 0 aliphatic rings. The SMILES string of the molecule is CCOC(CN=C(CC#N)c1ccc(OC)c(OC)c1)OCC. The second-order valence-electron chi connectivity index (χ2n) is 4.53. The number of methoxy groups -OCH3 is 2. The highest BCUT2D eigenvalue weighted by molar-refractivity contribution is 6.02. The molecule has 0 fully saturated rings. The third-order valence-electron chi connectivity index (χ3n) is 3.10. The van der Waals surface area contributed by atoms with Crippen LogP contribution in [0.1, 0.15) is 25.8 Å².